The van der Waals surface area contributed by atoms with Crippen molar-refractivity contribution in [2.75, 3.05) is 13.6 Å². The highest BCUT2D eigenvalue weighted by Crippen LogP contribution is 2.34. The molecule has 15 heavy (non-hydrogen) atoms. The van der Waals surface area contributed by atoms with Gasteiger partial charge < -0.3 is 5.11 Å². The number of hydrogen-bond donors (Lipinski definition) is 1. The molecule has 7 nitrogen and oxygen atoms in total. The Balaban J connectivity index is 1.97. The van der Waals surface area contributed by atoms with Crippen LogP contribution in [-0.4, -0.2) is 49.8 Å². The highest BCUT2D eigenvalue weighted by atomic mass is 16.4. The van der Waals surface area contributed by atoms with Crippen molar-refractivity contribution in [3.63, 3.8) is 0 Å². The van der Waals surface area contributed by atoms with Gasteiger partial charge in [-0.25, -0.2) is 4.68 Å². The number of aromatic nitrogens is 4. The van der Waals surface area contributed by atoms with E-state index in [-0.39, 0.29) is 6.54 Å². The molecule has 1 aromatic rings. The zero-order chi connectivity index (χ0) is 10.8. The molecule has 0 atom stereocenters. The molecule has 0 bridgehead atoms. The Bertz CT molecular complexity index is 360. The molecule has 2 rings (SSSR count). The van der Waals surface area contributed by atoms with Crippen LogP contribution in [0.5, 0.6) is 0 Å². The molecule has 0 unspecified atom stereocenters. The Morgan fingerprint density at radius 2 is 2.40 bits per heavy atom. The van der Waals surface area contributed by atoms with Crippen LogP contribution in [0.1, 0.15) is 24.7 Å². The van der Waals surface area contributed by atoms with Gasteiger partial charge in [0.2, 0.25) is 0 Å². The number of carboxylic acid groups (broad SMARTS) is 1. The molecule has 1 aliphatic rings. The van der Waals surface area contributed by atoms with E-state index in [2.05, 4.69) is 15.5 Å². The minimum absolute atomic E-state index is 0.00245. The van der Waals surface area contributed by atoms with E-state index in [9.17, 15) is 4.79 Å². The van der Waals surface area contributed by atoms with E-state index in [1.54, 1.807) is 16.6 Å². The first-order valence-corrected chi connectivity index (χ1v) is 4.84. The number of carbonyl (C=O) groups is 1. The molecule has 0 spiro atoms. The lowest BCUT2D eigenvalue weighted by Gasteiger charge is -2.12. The molecule has 0 amide bonds. The summed E-state index contributed by atoms with van der Waals surface area (Å²) in [7, 11) is 1.74. The maximum Gasteiger partial charge on any atom is 0.317 e. The lowest BCUT2D eigenvalue weighted by molar-refractivity contribution is -0.138. The van der Waals surface area contributed by atoms with Crippen molar-refractivity contribution in [2.24, 2.45) is 0 Å². The molecule has 82 valence electrons. The maximum atomic E-state index is 10.5. The average Bonchev–Trinajstić information content (AvgIpc) is 2.87. The molecule has 0 saturated heterocycles. The molecule has 0 radical (unpaired) electrons. The van der Waals surface area contributed by atoms with E-state index in [4.69, 9.17) is 5.11 Å². The van der Waals surface area contributed by atoms with Crippen molar-refractivity contribution in [2.45, 2.75) is 25.4 Å². The van der Waals surface area contributed by atoms with Gasteiger partial charge in [0.15, 0.2) is 5.82 Å². The van der Waals surface area contributed by atoms with Crippen LogP contribution >= 0.6 is 0 Å². The normalized spacial score (nSPS) is 15.9. The van der Waals surface area contributed by atoms with Gasteiger partial charge >= 0.3 is 5.97 Å². The Kier molecular flexibility index (Phi) is 2.63. The summed E-state index contributed by atoms with van der Waals surface area (Å²) in [6.07, 6.45) is 2.22. The Morgan fingerprint density at radius 3 is 3.00 bits per heavy atom. The van der Waals surface area contributed by atoms with Gasteiger partial charge in [0.1, 0.15) is 0 Å². The Morgan fingerprint density at radius 1 is 1.67 bits per heavy atom. The minimum atomic E-state index is -0.844. The third-order valence-electron chi connectivity index (χ3n) is 2.27. The highest BCUT2D eigenvalue weighted by Gasteiger charge is 2.27. The fraction of sp³-hybridized carbons (Fsp3) is 0.750. The molecular weight excluding hydrogens is 198 g/mol. The van der Waals surface area contributed by atoms with Crippen LogP contribution in [0.3, 0.4) is 0 Å². The number of tetrazole rings is 1. The highest BCUT2D eigenvalue weighted by molar-refractivity contribution is 5.68. The Hall–Kier alpha value is -1.50. The molecule has 1 aliphatic carbocycles. The first-order chi connectivity index (χ1) is 7.16. The number of nitrogens with zero attached hydrogens (tertiary/aromatic N) is 5. The van der Waals surface area contributed by atoms with E-state index in [0.29, 0.717) is 12.6 Å². The van der Waals surface area contributed by atoms with E-state index in [0.717, 1.165) is 18.7 Å². The molecular formula is C8H13N5O2. The number of aliphatic carboxylic acids is 1. The summed E-state index contributed by atoms with van der Waals surface area (Å²) in [5.74, 6) is -0.107. The third-order valence-corrected chi connectivity index (χ3v) is 2.27. The SMILES string of the molecule is CN(CC(=O)O)Cc1nnnn1C1CC1. The van der Waals surface area contributed by atoms with Gasteiger partial charge in [0, 0.05) is 0 Å². The monoisotopic (exact) mass is 211 g/mol. The zero-order valence-electron chi connectivity index (χ0n) is 8.50. The zero-order valence-corrected chi connectivity index (χ0v) is 8.50. The van der Waals surface area contributed by atoms with Crippen molar-refractivity contribution in [3.8, 4) is 0 Å². The molecule has 1 fully saturated rings. The molecule has 0 aromatic carbocycles. The standard InChI is InChI=1S/C8H13N5O2/c1-12(5-8(14)15)4-7-9-10-11-13(7)6-2-3-6/h6H,2-5H2,1H3,(H,14,15). The quantitative estimate of drug-likeness (QED) is 0.708. The lowest BCUT2D eigenvalue weighted by Crippen LogP contribution is -2.26. The van der Waals surface area contributed by atoms with Crippen LogP contribution in [0.25, 0.3) is 0 Å². The fourth-order valence-corrected chi connectivity index (χ4v) is 1.45. The van der Waals surface area contributed by atoms with Crippen molar-refractivity contribution >= 4 is 5.97 Å². The van der Waals surface area contributed by atoms with Crippen LogP contribution in [0, 0.1) is 0 Å². The third kappa shape index (κ3) is 2.50. The van der Waals surface area contributed by atoms with Gasteiger partial charge in [-0.3, -0.25) is 9.69 Å². The van der Waals surface area contributed by atoms with Gasteiger partial charge in [-0.15, -0.1) is 5.10 Å². The molecule has 1 heterocycles. The van der Waals surface area contributed by atoms with Crippen LogP contribution in [0.15, 0.2) is 0 Å². The van der Waals surface area contributed by atoms with Gasteiger partial charge in [0.05, 0.1) is 19.1 Å². The molecule has 1 saturated carbocycles. The number of likely N-dealkylation sites (N-methyl/N-ethyl adjacent to an activating group) is 1. The number of rotatable bonds is 5. The predicted octanol–water partition coefficient (Wildman–Crippen LogP) is -0.476. The number of carboxylic acids is 1. The molecule has 7 heteroatoms. The van der Waals surface area contributed by atoms with E-state index >= 15 is 0 Å². The summed E-state index contributed by atoms with van der Waals surface area (Å²) in [6, 6.07) is 0.424. The predicted molar refractivity (Wildman–Crippen MR) is 50.1 cm³/mol. The van der Waals surface area contributed by atoms with E-state index in [1.807, 2.05) is 0 Å². The first-order valence-electron chi connectivity index (χ1n) is 4.84. The fourth-order valence-electron chi connectivity index (χ4n) is 1.45. The van der Waals surface area contributed by atoms with E-state index in [1.165, 1.54) is 0 Å². The van der Waals surface area contributed by atoms with Crippen molar-refractivity contribution in [1.82, 2.24) is 25.1 Å². The molecule has 0 aliphatic heterocycles. The largest absolute Gasteiger partial charge is 0.480 e. The van der Waals surface area contributed by atoms with Gasteiger partial charge in [-0.2, -0.15) is 0 Å². The first kappa shape index (κ1) is 10.0. The van der Waals surface area contributed by atoms with Crippen molar-refractivity contribution in [1.29, 1.82) is 0 Å². The second-order valence-electron chi connectivity index (χ2n) is 3.84. The number of hydrogen-bond acceptors (Lipinski definition) is 5. The molecule has 1 N–H and O–H groups in total. The van der Waals surface area contributed by atoms with Gasteiger partial charge in [-0.05, 0) is 30.3 Å². The van der Waals surface area contributed by atoms with Crippen LogP contribution in [0.2, 0.25) is 0 Å². The maximum absolute atomic E-state index is 10.5. The lowest BCUT2D eigenvalue weighted by atomic mass is 10.5. The van der Waals surface area contributed by atoms with Crippen LogP contribution < -0.4 is 0 Å². The summed E-state index contributed by atoms with van der Waals surface area (Å²) in [5, 5.41) is 20.0. The summed E-state index contributed by atoms with van der Waals surface area (Å²) < 4.78 is 1.79. The van der Waals surface area contributed by atoms with Gasteiger partial charge in [0.25, 0.3) is 0 Å². The van der Waals surface area contributed by atoms with E-state index < -0.39 is 5.97 Å². The van der Waals surface area contributed by atoms with Crippen molar-refractivity contribution in [3.05, 3.63) is 5.82 Å². The smallest absolute Gasteiger partial charge is 0.317 e. The van der Waals surface area contributed by atoms with Crippen LogP contribution in [-0.2, 0) is 11.3 Å². The van der Waals surface area contributed by atoms with Crippen LogP contribution in [0.4, 0.5) is 0 Å². The van der Waals surface area contributed by atoms with Gasteiger partial charge in [-0.1, -0.05) is 0 Å². The summed E-state index contributed by atoms with van der Waals surface area (Å²) in [5.41, 5.74) is 0. The Labute approximate surface area is 86.7 Å². The summed E-state index contributed by atoms with van der Waals surface area (Å²) in [6.45, 7) is 0.466. The summed E-state index contributed by atoms with van der Waals surface area (Å²) >= 11 is 0. The average molecular weight is 211 g/mol. The topological polar surface area (TPSA) is 84.1 Å². The second-order valence-corrected chi connectivity index (χ2v) is 3.84. The second kappa shape index (κ2) is 3.93. The summed E-state index contributed by atoms with van der Waals surface area (Å²) in [4.78, 5) is 12.1. The van der Waals surface area contributed by atoms with Crippen molar-refractivity contribution < 1.29 is 9.90 Å². The minimum Gasteiger partial charge on any atom is -0.480 e. The molecule has 1 aromatic heterocycles.